The molecule has 0 aliphatic rings. The fraction of sp³-hybridized carbons (Fsp3) is 0. The van der Waals surface area contributed by atoms with E-state index in [1.165, 1.54) is 29.1 Å². The van der Waals surface area contributed by atoms with Crippen molar-refractivity contribution in [2.45, 2.75) is 0 Å². The van der Waals surface area contributed by atoms with Crippen LogP contribution in [0.3, 0.4) is 0 Å². The first-order chi connectivity index (χ1) is 13.0. The van der Waals surface area contributed by atoms with Crippen molar-refractivity contribution < 1.29 is 8.78 Å². The van der Waals surface area contributed by atoms with Crippen molar-refractivity contribution in [3.63, 3.8) is 0 Å². The number of nitrogens with two attached hydrogens (primary N) is 1. The van der Waals surface area contributed by atoms with Crippen LogP contribution in [0.15, 0.2) is 59.7 Å². The van der Waals surface area contributed by atoms with Crippen LogP contribution < -0.4 is 11.3 Å². The van der Waals surface area contributed by atoms with Gasteiger partial charge in [-0.05, 0) is 35.9 Å². The quantitative estimate of drug-likeness (QED) is 0.580. The number of hydrogen-bond donors (Lipinski definition) is 2. The molecule has 0 unspecified atom stereocenters. The Kier molecular flexibility index (Phi) is 3.96. The number of nitrogen functional groups attached to an aromatic ring is 1. The minimum Gasteiger partial charge on any atom is -0.384 e. The lowest BCUT2D eigenvalue weighted by Gasteiger charge is -2.04. The lowest BCUT2D eigenvalue weighted by atomic mass is 10.0. The fourth-order valence-corrected chi connectivity index (χ4v) is 2.66. The second kappa shape index (κ2) is 6.45. The van der Waals surface area contributed by atoms with E-state index in [4.69, 9.17) is 5.73 Å². The molecule has 4 aromatic rings. The van der Waals surface area contributed by atoms with Gasteiger partial charge >= 0.3 is 0 Å². The van der Waals surface area contributed by atoms with Crippen LogP contribution in [0.5, 0.6) is 0 Å². The third kappa shape index (κ3) is 3.17. The van der Waals surface area contributed by atoms with Gasteiger partial charge in [-0.15, -0.1) is 0 Å². The molecule has 0 bridgehead atoms. The molecule has 0 amide bonds. The van der Waals surface area contributed by atoms with Crippen molar-refractivity contribution >= 4 is 5.82 Å². The van der Waals surface area contributed by atoms with Gasteiger partial charge in [0.05, 0.1) is 0 Å². The summed E-state index contributed by atoms with van der Waals surface area (Å²) in [7, 11) is 0. The van der Waals surface area contributed by atoms with Crippen molar-refractivity contribution in [1.29, 1.82) is 0 Å². The normalized spacial score (nSPS) is 10.9. The molecule has 0 fully saturated rings. The van der Waals surface area contributed by atoms with Crippen LogP contribution in [0, 0.1) is 11.6 Å². The van der Waals surface area contributed by atoms with Gasteiger partial charge in [0.25, 0.3) is 5.56 Å². The molecule has 3 heterocycles. The number of benzene rings is 1. The zero-order valence-corrected chi connectivity index (χ0v) is 13.7. The zero-order valence-electron chi connectivity index (χ0n) is 13.7. The maximum Gasteiger partial charge on any atom is 0.264 e. The van der Waals surface area contributed by atoms with E-state index < -0.39 is 11.6 Å². The Balaban J connectivity index is 1.95. The fourth-order valence-electron chi connectivity index (χ4n) is 2.66. The standard InChI is InChI=1S/C18H12F2N6O/c19-11-1-2-12(14(20)8-11)18-13(10-5-6-22-15(21)7-10)9-26(25-18)16-3-4-17(27)24-23-16/h1-9H,(H2,21,22)(H,24,27). The number of halogens is 2. The third-order valence-corrected chi connectivity index (χ3v) is 3.89. The van der Waals surface area contributed by atoms with Crippen LogP contribution in [-0.4, -0.2) is 25.0 Å². The van der Waals surface area contributed by atoms with Crippen LogP contribution in [0.4, 0.5) is 14.6 Å². The largest absolute Gasteiger partial charge is 0.384 e. The number of aromatic nitrogens is 5. The van der Waals surface area contributed by atoms with Gasteiger partial charge in [0.15, 0.2) is 5.82 Å². The van der Waals surface area contributed by atoms with E-state index in [9.17, 15) is 13.6 Å². The lowest BCUT2D eigenvalue weighted by molar-refractivity contribution is 0.585. The molecule has 134 valence electrons. The monoisotopic (exact) mass is 366 g/mol. The molecule has 0 aliphatic carbocycles. The van der Waals surface area contributed by atoms with Crippen molar-refractivity contribution in [1.82, 2.24) is 25.0 Å². The number of H-pyrrole nitrogens is 1. The van der Waals surface area contributed by atoms with Gasteiger partial charge in [0.2, 0.25) is 0 Å². The minimum absolute atomic E-state index is 0.116. The molecule has 7 nitrogen and oxygen atoms in total. The van der Waals surface area contributed by atoms with E-state index in [0.29, 0.717) is 16.9 Å². The topological polar surface area (TPSA) is 102 Å². The second-order valence-corrected chi connectivity index (χ2v) is 5.71. The predicted molar refractivity (Wildman–Crippen MR) is 95.0 cm³/mol. The van der Waals surface area contributed by atoms with E-state index in [0.717, 1.165) is 12.1 Å². The molecule has 3 aromatic heterocycles. The van der Waals surface area contributed by atoms with E-state index in [1.54, 1.807) is 18.3 Å². The highest BCUT2D eigenvalue weighted by Crippen LogP contribution is 2.33. The summed E-state index contributed by atoms with van der Waals surface area (Å²) in [5, 5.41) is 10.6. The van der Waals surface area contributed by atoms with Crippen LogP contribution in [-0.2, 0) is 0 Å². The summed E-state index contributed by atoms with van der Waals surface area (Å²) in [6.45, 7) is 0. The van der Waals surface area contributed by atoms with Crippen LogP contribution in [0.2, 0.25) is 0 Å². The summed E-state index contributed by atoms with van der Waals surface area (Å²) in [4.78, 5) is 15.2. The number of pyridine rings is 1. The van der Waals surface area contributed by atoms with Crippen molar-refractivity contribution in [2.24, 2.45) is 0 Å². The molecule has 0 saturated carbocycles. The predicted octanol–water partition coefficient (Wildman–Crippen LogP) is 2.55. The molecule has 0 saturated heterocycles. The first-order valence-corrected chi connectivity index (χ1v) is 7.84. The van der Waals surface area contributed by atoms with Crippen LogP contribution in [0.25, 0.3) is 28.2 Å². The van der Waals surface area contributed by atoms with Gasteiger partial charge in [-0.25, -0.2) is 23.5 Å². The summed E-state index contributed by atoms with van der Waals surface area (Å²) < 4.78 is 29.1. The smallest absolute Gasteiger partial charge is 0.264 e. The Morgan fingerprint density at radius 3 is 2.59 bits per heavy atom. The Hall–Kier alpha value is -3.88. The van der Waals surface area contributed by atoms with Crippen molar-refractivity contribution in [3.05, 3.63) is 76.8 Å². The van der Waals surface area contributed by atoms with Gasteiger partial charge < -0.3 is 5.73 Å². The molecular weight excluding hydrogens is 354 g/mol. The molecule has 1 aromatic carbocycles. The first-order valence-electron chi connectivity index (χ1n) is 7.84. The van der Waals surface area contributed by atoms with Crippen molar-refractivity contribution in [3.8, 4) is 28.2 Å². The van der Waals surface area contributed by atoms with E-state index in [2.05, 4.69) is 20.3 Å². The van der Waals surface area contributed by atoms with Crippen molar-refractivity contribution in [2.75, 3.05) is 5.73 Å². The van der Waals surface area contributed by atoms with Gasteiger partial charge in [-0.1, -0.05) is 0 Å². The third-order valence-electron chi connectivity index (χ3n) is 3.89. The molecule has 9 heteroatoms. The summed E-state index contributed by atoms with van der Waals surface area (Å²) in [5.41, 5.74) is 6.97. The number of aromatic amines is 1. The molecular formula is C18H12F2N6O. The van der Waals surface area contributed by atoms with Gasteiger partial charge in [0.1, 0.15) is 23.1 Å². The Bertz CT molecular complexity index is 1180. The second-order valence-electron chi connectivity index (χ2n) is 5.71. The lowest BCUT2D eigenvalue weighted by Crippen LogP contribution is -2.09. The first kappa shape index (κ1) is 16.6. The van der Waals surface area contributed by atoms with Gasteiger partial charge in [0, 0.05) is 35.7 Å². The SMILES string of the molecule is Nc1cc(-c2cn(-c3ccc(=O)[nH]n3)nc2-c2ccc(F)cc2F)ccn1. The maximum absolute atomic E-state index is 14.4. The molecule has 0 aliphatic heterocycles. The Morgan fingerprint density at radius 1 is 1.04 bits per heavy atom. The number of nitrogens with one attached hydrogen (secondary N) is 1. The molecule has 27 heavy (non-hydrogen) atoms. The summed E-state index contributed by atoms with van der Waals surface area (Å²) in [6, 6.07) is 9.34. The Labute approximate surface area is 151 Å². The van der Waals surface area contributed by atoms with E-state index >= 15 is 0 Å². The molecule has 0 atom stereocenters. The maximum atomic E-state index is 14.4. The Morgan fingerprint density at radius 2 is 1.89 bits per heavy atom. The highest BCUT2D eigenvalue weighted by Gasteiger charge is 2.18. The number of rotatable bonds is 3. The van der Waals surface area contributed by atoms with Crippen LogP contribution in [0.1, 0.15) is 0 Å². The molecule has 4 rings (SSSR count). The zero-order chi connectivity index (χ0) is 19.0. The summed E-state index contributed by atoms with van der Waals surface area (Å²) in [5.74, 6) is -0.828. The highest BCUT2D eigenvalue weighted by atomic mass is 19.1. The van der Waals surface area contributed by atoms with Gasteiger partial charge in [-0.3, -0.25) is 4.79 Å². The van der Waals surface area contributed by atoms with Gasteiger partial charge in [-0.2, -0.15) is 10.2 Å². The number of anilines is 1. The molecule has 0 spiro atoms. The minimum atomic E-state index is -0.752. The molecule has 3 N–H and O–H groups in total. The summed E-state index contributed by atoms with van der Waals surface area (Å²) >= 11 is 0. The average Bonchev–Trinajstić information content (AvgIpc) is 3.07. The van der Waals surface area contributed by atoms with Crippen LogP contribution >= 0.6 is 0 Å². The highest BCUT2D eigenvalue weighted by molar-refractivity contribution is 5.81. The van der Waals surface area contributed by atoms with E-state index in [1.807, 2.05) is 0 Å². The number of nitrogens with zero attached hydrogens (tertiary/aromatic N) is 4. The van der Waals surface area contributed by atoms with E-state index in [-0.39, 0.29) is 22.6 Å². The number of hydrogen-bond acceptors (Lipinski definition) is 5. The summed E-state index contributed by atoms with van der Waals surface area (Å²) in [6.07, 6.45) is 3.14. The molecule has 0 radical (unpaired) electrons. The average molecular weight is 366 g/mol.